The highest BCUT2D eigenvalue weighted by Gasteiger charge is 2.06. The van der Waals surface area contributed by atoms with E-state index in [0.717, 1.165) is 17.5 Å². The summed E-state index contributed by atoms with van der Waals surface area (Å²) in [6.45, 7) is 4.26. The lowest BCUT2D eigenvalue weighted by Gasteiger charge is -2.08. The standard InChI is InChI=1S/C16H24O2/c1-4-5-6-7-8-14-10-9-13(2)15(11-14)12-16(17)18-3/h9-11H,4-8,12H2,1-3H3. The van der Waals surface area contributed by atoms with Gasteiger partial charge in [0.25, 0.3) is 0 Å². The number of carbonyl (C=O) groups is 1. The van der Waals surface area contributed by atoms with Gasteiger partial charge in [0.1, 0.15) is 0 Å². The number of carbonyl (C=O) groups excluding carboxylic acids is 1. The maximum Gasteiger partial charge on any atom is 0.309 e. The average molecular weight is 248 g/mol. The van der Waals surface area contributed by atoms with Crippen molar-refractivity contribution >= 4 is 5.97 Å². The van der Waals surface area contributed by atoms with Crippen LogP contribution in [0.25, 0.3) is 0 Å². The summed E-state index contributed by atoms with van der Waals surface area (Å²) in [6, 6.07) is 6.42. The van der Waals surface area contributed by atoms with Crippen LogP contribution in [0.5, 0.6) is 0 Å². The van der Waals surface area contributed by atoms with Crippen LogP contribution in [0.1, 0.15) is 49.3 Å². The van der Waals surface area contributed by atoms with E-state index in [2.05, 4.69) is 25.1 Å². The third-order valence-electron chi connectivity index (χ3n) is 3.30. The van der Waals surface area contributed by atoms with E-state index < -0.39 is 0 Å². The van der Waals surface area contributed by atoms with Crippen LogP contribution in [0.4, 0.5) is 0 Å². The maximum atomic E-state index is 11.3. The number of benzene rings is 1. The van der Waals surface area contributed by atoms with E-state index in [9.17, 15) is 4.79 Å². The SMILES string of the molecule is CCCCCCc1ccc(C)c(CC(=O)OC)c1. The molecule has 2 nitrogen and oxygen atoms in total. The van der Waals surface area contributed by atoms with Gasteiger partial charge in [-0.1, -0.05) is 44.4 Å². The van der Waals surface area contributed by atoms with Crippen molar-refractivity contribution in [3.8, 4) is 0 Å². The highest BCUT2D eigenvalue weighted by atomic mass is 16.5. The molecule has 0 N–H and O–H groups in total. The number of aryl methyl sites for hydroxylation is 2. The van der Waals surface area contributed by atoms with Gasteiger partial charge < -0.3 is 4.74 Å². The lowest BCUT2D eigenvalue weighted by atomic mass is 9.99. The summed E-state index contributed by atoms with van der Waals surface area (Å²) < 4.78 is 4.72. The molecule has 0 unspecified atom stereocenters. The first-order chi connectivity index (χ1) is 8.67. The second-order valence-corrected chi connectivity index (χ2v) is 4.82. The molecule has 0 bridgehead atoms. The van der Waals surface area contributed by atoms with Crippen LogP contribution in [0.2, 0.25) is 0 Å². The van der Waals surface area contributed by atoms with Crippen molar-refractivity contribution in [1.82, 2.24) is 0 Å². The maximum absolute atomic E-state index is 11.3. The number of methoxy groups -OCH3 is 1. The molecule has 100 valence electrons. The predicted octanol–water partition coefficient (Wildman–Crippen LogP) is 3.83. The number of ether oxygens (including phenoxy) is 1. The normalized spacial score (nSPS) is 10.4. The molecule has 0 aliphatic carbocycles. The number of rotatable bonds is 7. The smallest absolute Gasteiger partial charge is 0.309 e. The summed E-state index contributed by atoms with van der Waals surface area (Å²) in [5, 5.41) is 0. The van der Waals surface area contributed by atoms with Gasteiger partial charge in [-0.25, -0.2) is 0 Å². The summed E-state index contributed by atoms with van der Waals surface area (Å²) >= 11 is 0. The first kappa shape index (κ1) is 14.7. The lowest BCUT2D eigenvalue weighted by Crippen LogP contribution is -2.06. The summed E-state index contributed by atoms with van der Waals surface area (Å²) in [6.07, 6.45) is 6.58. The van der Waals surface area contributed by atoms with Crippen LogP contribution < -0.4 is 0 Å². The first-order valence-electron chi connectivity index (χ1n) is 6.82. The number of esters is 1. The zero-order valence-electron chi connectivity index (χ0n) is 11.8. The third kappa shape index (κ3) is 4.91. The first-order valence-corrected chi connectivity index (χ1v) is 6.82. The second kappa shape index (κ2) is 7.91. The highest BCUT2D eigenvalue weighted by molar-refractivity contribution is 5.72. The molecule has 0 amide bonds. The molecule has 0 spiro atoms. The van der Waals surface area contributed by atoms with E-state index in [0.29, 0.717) is 6.42 Å². The molecule has 0 saturated carbocycles. The van der Waals surface area contributed by atoms with E-state index in [1.54, 1.807) is 0 Å². The lowest BCUT2D eigenvalue weighted by molar-refractivity contribution is -0.139. The molecule has 0 saturated heterocycles. The predicted molar refractivity (Wildman–Crippen MR) is 74.7 cm³/mol. The zero-order valence-corrected chi connectivity index (χ0v) is 11.8. The molecule has 0 atom stereocenters. The largest absolute Gasteiger partial charge is 0.469 e. The van der Waals surface area contributed by atoms with Crippen LogP contribution in [-0.2, 0) is 22.4 Å². The molecule has 18 heavy (non-hydrogen) atoms. The zero-order chi connectivity index (χ0) is 13.4. The van der Waals surface area contributed by atoms with Gasteiger partial charge in [-0.05, 0) is 36.5 Å². The molecular weight excluding hydrogens is 224 g/mol. The fraction of sp³-hybridized carbons (Fsp3) is 0.562. The second-order valence-electron chi connectivity index (χ2n) is 4.82. The Bertz CT molecular complexity index is 383. The molecule has 2 heteroatoms. The van der Waals surface area contributed by atoms with Gasteiger partial charge in [0.2, 0.25) is 0 Å². The molecule has 0 radical (unpaired) electrons. The van der Waals surface area contributed by atoms with Gasteiger partial charge in [-0.3, -0.25) is 4.79 Å². The Morgan fingerprint density at radius 2 is 2.00 bits per heavy atom. The van der Waals surface area contributed by atoms with E-state index >= 15 is 0 Å². The summed E-state index contributed by atoms with van der Waals surface area (Å²) in [7, 11) is 1.44. The van der Waals surface area contributed by atoms with Crippen molar-refractivity contribution in [2.75, 3.05) is 7.11 Å². The monoisotopic (exact) mass is 248 g/mol. The minimum Gasteiger partial charge on any atom is -0.469 e. The Labute approximate surface area is 110 Å². The fourth-order valence-corrected chi connectivity index (χ4v) is 2.05. The Kier molecular flexibility index (Phi) is 6.48. The Morgan fingerprint density at radius 3 is 2.67 bits per heavy atom. The molecule has 0 aliphatic heterocycles. The van der Waals surface area contributed by atoms with Crippen LogP contribution in [0.3, 0.4) is 0 Å². The Balaban J connectivity index is 2.59. The van der Waals surface area contributed by atoms with Gasteiger partial charge in [-0.15, -0.1) is 0 Å². The quantitative estimate of drug-likeness (QED) is 0.541. The van der Waals surface area contributed by atoms with E-state index in [-0.39, 0.29) is 5.97 Å². The molecular formula is C16H24O2. The van der Waals surface area contributed by atoms with Gasteiger partial charge >= 0.3 is 5.97 Å². The summed E-state index contributed by atoms with van der Waals surface area (Å²) in [5.74, 6) is -0.166. The topological polar surface area (TPSA) is 26.3 Å². The Hall–Kier alpha value is -1.31. The molecule has 1 rings (SSSR count). The number of hydrogen-bond acceptors (Lipinski definition) is 2. The van der Waals surface area contributed by atoms with Crippen LogP contribution >= 0.6 is 0 Å². The third-order valence-corrected chi connectivity index (χ3v) is 3.30. The van der Waals surface area contributed by atoms with E-state index in [1.807, 2.05) is 6.92 Å². The molecule has 0 aliphatic rings. The molecule has 0 heterocycles. The Morgan fingerprint density at radius 1 is 1.22 bits per heavy atom. The molecule has 1 aromatic rings. The molecule has 0 fully saturated rings. The van der Waals surface area contributed by atoms with Crippen molar-refractivity contribution in [3.05, 3.63) is 34.9 Å². The van der Waals surface area contributed by atoms with E-state index in [1.165, 1.54) is 38.4 Å². The highest BCUT2D eigenvalue weighted by Crippen LogP contribution is 2.15. The molecule has 1 aromatic carbocycles. The van der Waals surface area contributed by atoms with Gasteiger partial charge in [0.05, 0.1) is 13.5 Å². The van der Waals surface area contributed by atoms with Crippen LogP contribution in [-0.4, -0.2) is 13.1 Å². The number of hydrogen-bond donors (Lipinski definition) is 0. The molecule has 0 aromatic heterocycles. The van der Waals surface area contributed by atoms with Crippen LogP contribution in [0, 0.1) is 6.92 Å². The number of unbranched alkanes of at least 4 members (excludes halogenated alkanes) is 3. The van der Waals surface area contributed by atoms with Crippen molar-refractivity contribution in [1.29, 1.82) is 0 Å². The van der Waals surface area contributed by atoms with Crippen molar-refractivity contribution in [3.63, 3.8) is 0 Å². The van der Waals surface area contributed by atoms with Gasteiger partial charge in [0.15, 0.2) is 0 Å². The van der Waals surface area contributed by atoms with Crippen molar-refractivity contribution < 1.29 is 9.53 Å². The minimum atomic E-state index is -0.166. The van der Waals surface area contributed by atoms with Gasteiger partial charge in [-0.2, -0.15) is 0 Å². The summed E-state index contributed by atoms with van der Waals surface area (Å²) in [4.78, 5) is 11.3. The van der Waals surface area contributed by atoms with E-state index in [4.69, 9.17) is 4.74 Å². The van der Waals surface area contributed by atoms with Crippen molar-refractivity contribution in [2.45, 2.75) is 52.4 Å². The minimum absolute atomic E-state index is 0.166. The van der Waals surface area contributed by atoms with Crippen LogP contribution in [0.15, 0.2) is 18.2 Å². The average Bonchev–Trinajstić information content (AvgIpc) is 2.38. The van der Waals surface area contributed by atoms with Crippen molar-refractivity contribution in [2.24, 2.45) is 0 Å². The van der Waals surface area contributed by atoms with Gasteiger partial charge in [0, 0.05) is 0 Å². The fourth-order valence-electron chi connectivity index (χ4n) is 2.05. The summed E-state index contributed by atoms with van der Waals surface area (Å²) in [5.41, 5.74) is 3.59.